The van der Waals surface area contributed by atoms with Crippen molar-refractivity contribution in [3.05, 3.63) is 53.6 Å². The molecule has 0 spiro atoms. The van der Waals surface area contributed by atoms with Crippen LogP contribution in [0.4, 0.5) is 0 Å². The highest BCUT2D eigenvalue weighted by molar-refractivity contribution is 5.95. The number of fused-ring (bicyclic) bond motifs is 2. The topological polar surface area (TPSA) is 138 Å². The monoisotopic (exact) mass is 538 g/mol. The molecule has 206 valence electrons. The number of amides is 3. The lowest BCUT2D eigenvalue weighted by Crippen LogP contribution is -2.74. The molecule has 0 radical (unpaired) electrons. The molecule has 2 aromatic rings. The van der Waals surface area contributed by atoms with Crippen LogP contribution in [0, 0.1) is 0 Å². The maximum atomic E-state index is 13.5. The molecule has 2 saturated heterocycles. The van der Waals surface area contributed by atoms with E-state index in [9.17, 15) is 24.3 Å². The number of benzene rings is 2. The fourth-order valence-corrected chi connectivity index (χ4v) is 5.43. The maximum absolute atomic E-state index is 13.5. The second-order valence-corrected chi connectivity index (χ2v) is 9.81. The van der Waals surface area contributed by atoms with Gasteiger partial charge < -0.3 is 34.4 Å². The Labute approximate surface area is 225 Å². The van der Waals surface area contributed by atoms with Crippen molar-refractivity contribution in [3.63, 3.8) is 0 Å². The third kappa shape index (κ3) is 5.32. The van der Waals surface area contributed by atoms with Gasteiger partial charge in [0.2, 0.25) is 24.5 Å². The number of methoxy groups -OCH3 is 1. The first-order chi connectivity index (χ1) is 18.7. The normalized spacial score (nSPS) is 22.5. The Bertz CT molecular complexity index is 1280. The van der Waals surface area contributed by atoms with Crippen molar-refractivity contribution in [1.29, 1.82) is 0 Å². The number of carboxylic acids is 1. The summed E-state index contributed by atoms with van der Waals surface area (Å²) in [6.07, 6.45) is -0.553. The molecule has 0 saturated carbocycles. The SMILES string of the molecule is COc1ccc(CNC(=O)C2[C@H]3CN(Cc4ccc5c(c4)OCO5)C(=O)[C@H](CC(=O)O)N3C(=O)CN2C)cc1. The van der Waals surface area contributed by atoms with E-state index in [1.165, 1.54) is 9.80 Å². The first-order valence-electron chi connectivity index (χ1n) is 12.6. The number of nitrogens with one attached hydrogen (secondary N) is 1. The smallest absolute Gasteiger partial charge is 0.305 e. The van der Waals surface area contributed by atoms with Crippen LogP contribution < -0.4 is 19.5 Å². The van der Waals surface area contributed by atoms with Gasteiger partial charge in [-0.15, -0.1) is 0 Å². The Hall–Kier alpha value is -4.32. The predicted octanol–water partition coefficient (Wildman–Crippen LogP) is 0.437. The molecule has 39 heavy (non-hydrogen) atoms. The lowest BCUT2D eigenvalue weighted by Gasteiger charge is -2.52. The zero-order valence-corrected chi connectivity index (χ0v) is 21.7. The van der Waals surface area contributed by atoms with Gasteiger partial charge in [0.1, 0.15) is 17.8 Å². The van der Waals surface area contributed by atoms with Gasteiger partial charge in [-0.1, -0.05) is 18.2 Å². The van der Waals surface area contributed by atoms with E-state index in [-0.39, 0.29) is 44.8 Å². The highest BCUT2D eigenvalue weighted by Gasteiger charge is 2.52. The minimum atomic E-state index is -1.21. The molecule has 3 atom stereocenters. The van der Waals surface area contributed by atoms with Gasteiger partial charge in [0, 0.05) is 19.6 Å². The number of ether oxygens (including phenoxy) is 3. The fourth-order valence-electron chi connectivity index (χ4n) is 5.43. The molecule has 1 unspecified atom stereocenters. The van der Waals surface area contributed by atoms with E-state index >= 15 is 0 Å². The molecule has 3 heterocycles. The van der Waals surface area contributed by atoms with Crippen molar-refractivity contribution in [2.75, 3.05) is 34.0 Å². The molecule has 0 aromatic heterocycles. The van der Waals surface area contributed by atoms with Gasteiger partial charge in [-0.2, -0.15) is 0 Å². The van der Waals surface area contributed by atoms with Crippen molar-refractivity contribution >= 4 is 23.7 Å². The molecule has 3 aliphatic rings. The largest absolute Gasteiger partial charge is 0.497 e. The van der Waals surface area contributed by atoms with E-state index in [2.05, 4.69) is 5.32 Å². The van der Waals surface area contributed by atoms with Gasteiger partial charge >= 0.3 is 5.97 Å². The summed E-state index contributed by atoms with van der Waals surface area (Å²) >= 11 is 0. The Morgan fingerprint density at radius 1 is 1.08 bits per heavy atom. The van der Waals surface area contributed by atoms with Crippen LogP contribution in [0.1, 0.15) is 17.5 Å². The number of nitrogens with zero attached hydrogens (tertiary/aromatic N) is 3. The average molecular weight is 539 g/mol. The summed E-state index contributed by atoms with van der Waals surface area (Å²) in [7, 11) is 3.25. The molecule has 0 bridgehead atoms. The average Bonchev–Trinajstić information content (AvgIpc) is 3.37. The number of rotatable bonds is 8. The first-order valence-corrected chi connectivity index (χ1v) is 12.6. The van der Waals surface area contributed by atoms with Crippen molar-refractivity contribution in [3.8, 4) is 17.2 Å². The Morgan fingerprint density at radius 2 is 1.79 bits per heavy atom. The highest BCUT2D eigenvalue weighted by atomic mass is 16.7. The van der Waals surface area contributed by atoms with Gasteiger partial charge in [-0.05, 0) is 42.4 Å². The molecule has 3 aliphatic heterocycles. The lowest BCUT2D eigenvalue weighted by atomic mass is 9.92. The second-order valence-electron chi connectivity index (χ2n) is 9.81. The molecule has 0 aliphatic carbocycles. The summed E-state index contributed by atoms with van der Waals surface area (Å²) in [5.74, 6) is -0.516. The molecular formula is C27H30N4O8. The van der Waals surface area contributed by atoms with Crippen LogP contribution in [-0.4, -0.2) is 95.7 Å². The van der Waals surface area contributed by atoms with E-state index in [0.29, 0.717) is 17.2 Å². The van der Waals surface area contributed by atoms with Gasteiger partial charge in [0.05, 0.1) is 26.1 Å². The standard InChI is InChI=1S/C27H30N4O8/c1-29-14-23(32)31-19(10-24(33)34)27(36)30(12-17-5-8-21-22(9-17)39-15-38-21)13-20(31)25(29)26(35)28-11-16-3-6-18(37-2)7-4-16/h3-9,19-20,25H,10-15H2,1-2H3,(H,28,35)(H,33,34)/t19-,20+,25?/m0/s1. The van der Waals surface area contributed by atoms with Crippen LogP contribution in [0.5, 0.6) is 17.2 Å². The summed E-state index contributed by atoms with van der Waals surface area (Å²) in [6.45, 7) is 0.490. The van der Waals surface area contributed by atoms with Crippen molar-refractivity contribution in [1.82, 2.24) is 20.0 Å². The summed E-state index contributed by atoms with van der Waals surface area (Å²) in [5.41, 5.74) is 1.62. The van der Waals surface area contributed by atoms with E-state index < -0.39 is 36.4 Å². The second kappa shape index (κ2) is 10.8. The predicted molar refractivity (Wildman–Crippen MR) is 136 cm³/mol. The van der Waals surface area contributed by atoms with Gasteiger partial charge in [0.25, 0.3) is 0 Å². The minimum absolute atomic E-state index is 0.0695. The highest BCUT2D eigenvalue weighted by Crippen LogP contribution is 2.34. The van der Waals surface area contributed by atoms with Crippen molar-refractivity contribution in [2.45, 2.75) is 37.6 Å². The number of hydrogen-bond donors (Lipinski definition) is 2. The van der Waals surface area contributed by atoms with Gasteiger partial charge in [-0.25, -0.2) is 0 Å². The number of carboxylic acid groups (broad SMARTS) is 1. The summed E-state index contributed by atoms with van der Waals surface area (Å²) in [5, 5.41) is 12.5. The number of carbonyl (C=O) groups excluding carboxylic acids is 3. The van der Waals surface area contributed by atoms with E-state index in [1.807, 2.05) is 12.1 Å². The van der Waals surface area contributed by atoms with Gasteiger partial charge in [0.15, 0.2) is 11.5 Å². The minimum Gasteiger partial charge on any atom is -0.497 e. The maximum Gasteiger partial charge on any atom is 0.305 e. The van der Waals surface area contributed by atoms with Crippen LogP contribution in [0.15, 0.2) is 42.5 Å². The van der Waals surface area contributed by atoms with E-state index in [0.717, 1.165) is 11.1 Å². The van der Waals surface area contributed by atoms with Crippen LogP contribution in [-0.2, 0) is 32.3 Å². The van der Waals surface area contributed by atoms with Crippen LogP contribution >= 0.6 is 0 Å². The lowest BCUT2D eigenvalue weighted by molar-refractivity contribution is -0.170. The molecular weight excluding hydrogens is 508 g/mol. The molecule has 2 N–H and O–H groups in total. The number of aliphatic carboxylic acids is 1. The molecule has 12 heteroatoms. The summed E-state index contributed by atoms with van der Waals surface area (Å²) < 4.78 is 16.0. The molecule has 5 rings (SSSR count). The first kappa shape index (κ1) is 26.3. The zero-order valence-electron chi connectivity index (χ0n) is 21.7. The van der Waals surface area contributed by atoms with Gasteiger partial charge in [-0.3, -0.25) is 24.1 Å². The molecule has 2 fully saturated rings. The number of likely N-dealkylation sites (N-methyl/N-ethyl adjacent to an activating group) is 1. The Morgan fingerprint density at radius 3 is 2.51 bits per heavy atom. The van der Waals surface area contributed by atoms with E-state index in [4.69, 9.17) is 14.2 Å². The molecule has 3 amide bonds. The quantitative estimate of drug-likeness (QED) is 0.490. The van der Waals surface area contributed by atoms with Crippen LogP contribution in [0.25, 0.3) is 0 Å². The summed E-state index contributed by atoms with van der Waals surface area (Å²) in [4.78, 5) is 56.3. The number of piperazine rings is 2. The zero-order chi connectivity index (χ0) is 27.7. The van der Waals surface area contributed by atoms with Crippen LogP contribution in [0.3, 0.4) is 0 Å². The van der Waals surface area contributed by atoms with Crippen molar-refractivity contribution in [2.24, 2.45) is 0 Å². The third-order valence-corrected chi connectivity index (χ3v) is 7.28. The Balaban J connectivity index is 1.39. The number of carbonyl (C=O) groups is 4. The number of hydrogen-bond acceptors (Lipinski definition) is 8. The van der Waals surface area contributed by atoms with Crippen molar-refractivity contribution < 1.29 is 38.5 Å². The molecule has 12 nitrogen and oxygen atoms in total. The molecule has 2 aromatic carbocycles. The summed E-state index contributed by atoms with van der Waals surface area (Å²) in [6, 6.07) is 9.87. The van der Waals surface area contributed by atoms with Crippen LogP contribution in [0.2, 0.25) is 0 Å². The van der Waals surface area contributed by atoms with E-state index in [1.54, 1.807) is 49.4 Å². The Kier molecular flexibility index (Phi) is 7.29. The third-order valence-electron chi connectivity index (χ3n) is 7.28. The fraction of sp³-hybridized carbons (Fsp3) is 0.407.